The van der Waals surface area contributed by atoms with E-state index in [1.54, 1.807) is 0 Å². The second kappa shape index (κ2) is 18.0. The van der Waals surface area contributed by atoms with Crippen LogP contribution in [0, 0.1) is 11.6 Å². The number of aliphatic hydroxyl groups excluding tert-OH is 1. The molecule has 2 aromatic carbocycles. The molecule has 266 valence electrons. The third-order valence-corrected chi connectivity index (χ3v) is 13.8. The number of nitrogens with two attached hydrogens (primary N) is 1. The van der Waals surface area contributed by atoms with Gasteiger partial charge in [-0.05, 0) is 66.6 Å². The van der Waals surface area contributed by atoms with E-state index in [1.165, 1.54) is 12.1 Å². The quantitative estimate of drug-likeness (QED) is 0.151. The predicted molar refractivity (Wildman–Crippen MR) is 186 cm³/mol. The van der Waals surface area contributed by atoms with Crippen LogP contribution in [-0.2, 0) is 44.0 Å². The van der Waals surface area contributed by atoms with E-state index in [0.717, 1.165) is 29.7 Å². The molecule has 0 spiro atoms. The molecule has 0 radical (unpaired) electrons. The van der Waals surface area contributed by atoms with Gasteiger partial charge in [-0.25, -0.2) is 29.9 Å². The molecule has 0 saturated carbocycles. The molecule has 15 heteroatoms. The predicted octanol–water partition coefficient (Wildman–Crippen LogP) is 5.23. The SMILES string of the molecule is CCCC(CCC)S(=O)(=O)CC(N)C(=O)N([C@@H](Cc1cc(F)cc(F)c1)[C@H](O)CNCc1cccc(CC)c1)S(=O)(=O)c1ccc(Cl)s1. The van der Waals surface area contributed by atoms with E-state index in [2.05, 4.69) is 5.32 Å². The van der Waals surface area contributed by atoms with Crippen LogP contribution in [-0.4, -0.2) is 67.9 Å². The molecule has 3 atom stereocenters. The number of aryl methyl sites for hydroxylation is 1. The van der Waals surface area contributed by atoms with E-state index >= 15 is 0 Å². The Bertz CT molecular complexity index is 1710. The van der Waals surface area contributed by atoms with Crippen molar-refractivity contribution >= 4 is 48.7 Å². The number of nitrogens with one attached hydrogen (secondary N) is 1. The van der Waals surface area contributed by atoms with Crippen LogP contribution in [0.15, 0.2) is 58.8 Å². The van der Waals surface area contributed by atoms with Gasteiger partial charge in [-0.15, -0.1) is 11.3 Å². The number of carbonyl (C=O) groups excluding carboxylic acids is 1. The smallest absolute Gasteiger partial charge is 0.276 e. The standard InChI is InChI=1S/C33H44ClF2N3O6S3/c1-4-8-27(9-5-2)47(42,43)21-28(37)33(41)39(48(44,45)32-13-12-31(34)46-32)29(17-24-15-25(35)18-26(36)16-24)30(40)20-38-19-23-11-7-10-22(6-3)14-23/h7,10-16,18,27-30,38,40H,4-6,8-9,17,19-21,37H2,1-3H3/t28?,29-,30+/m0/s1. The molecule has 0 fully saturated rings. The van der Waals surface area contributed by atoms with Crippen molar-refractivity contribution in [2.75, 3.05) is 12.3 Å². The first kappa shape index (κ1) is 40.0. The molecule has 1 amide bonds. The van der Waals surface area contributed by atoms with Crippen LogP contribution >= 0.6 is 22.9 Å². The topological polar surface area (TPSA) is 147 Å². The highest BCUT2D eigenvalue weighted by Gasteiger charge is 2.43. The molecule has 1 heterocycles. The lowest BCUT2D eigenvalue weighted by Gasteiger charge is -2.35. The third kappa shape index (κ3) is 10.8. The van der Waals surface area contributed by atoms with Gasteiger partial charge in [0.05, 0.1) is 33.5 Å². The van der Waals surface area contributed by atoms with Gasteiger partial charge in [0, 0.05) is 19.2 Å². The first-order valence-electron chi connectivity index (χ1n) is 15.8. The molecule has 0 aliphatic rings. The number of nitrogens with zero attached hydrogens (tertiary/aromatic N) is 1. The van der Waals surface area contributed by atoms with Crippen LogP contribution in [0.5, 0.6) is 0 Å². The van der Waals surface area contributed by atoms with E-state index in [0.29, 0.717) is 47.4 Å². The van der Waals surface area contributed by atoms with Crippen molar-refractivity contribution in [1.82, 2.24) is 9.62 Å². The van der Waals surface area contributed by atoms with Gasteiger partial charge in [0.25, 0.3) is 15.9 Å². The second-order valence-electron chi connectivity index (χ2n) is 11.8. The summed E-state index contributed by atoms with van der Waals surface area (Å²) in [5.41, 5.74) is 8.15. The maximum Gasteiger partial charge on any atom is 0.276 e. The molecular formula is C33H44ClF2N3O6S3. The Balaban J connectivity index is 2.07. The fourth-order valence-electron chi connectivity index (χ4n) is 5.57. The lowest BCUT2D eigenvalue weighted by atomic mass is 10.00. The van der Waals surface area contributed by atoms with Gasteiger partial charge >= 0.3 is 0 Å². The Morgan fingerprint density at radius 2 is 1.58 bits per heavy atom. The summed E-state index contributed by atoms with van der Waals surface area (Å²) in [6, 6.07) is 9.25. The molecule has 3 aromatic rings. The van der Waals surface area contributed by atoms with Crippen LogP contribution in [0.2, 0.25) is 4.34 Å². The molecule has 0 aliphatic carbocycles. The maximum atomic E-state index is 14.3. The molecule has 48 heavy (non-hydrogen) atoms. The summed E-state index contributed by atoms with van der Waals surface area (Å²) < 4.78 is 83.9. The average molecular weight is 748 g/mol. The Labute approximate surface area is 291 Å². The number of sulfonamides is 1. The highest BCUT2D eigenvalue weighted by Crippen LogP contribution is 2.31. The average Bonchev–Trinajstić information content (AvgIpc) is 3.47. The minimum atomic E-state index is -4.82. The summed E-state index contributed by atoms with van der Waals surface area (Å²) in [6.45, 7) is 5.71. The van der Waals surface area contributed by atoms with Crippen molar-refractivity contribution in [1.29, 1.82) is 0 Å². The number of amides is 1. The Hall–Kier alpha value is -2.46. The molecule has 3 rings (SSSR count). The molecule has 0 saturated heterocycles. The van der Waals surface area contributed by atoms with Crippen molar-refractivity contribution in [3.05, 3.63) is 87.3 Å². The normalized spacial score (nSPS) is 14.2. The number of halogens is 3. The number of carbonyl (C=O) groups is 1. The minimum absolute atomic E-state index is 0.0449. The van der Waals surface area contributed by atoms with Gasteiger partial charge in [0.2, 0.25) is 0 Å². The van der Waals surface area contributed by atoms with Gasteiger partial charge in [-0.1, -0.05) is 69.5 Å². The Morgan fingerprint density at radius 1 is 0.958 bits per heavy atom. The van der Waals surface area contributed by atoms with E-state index in [9.17, 15) is 35.5 Å². The van der Waals surface area contributed by atoms with Crippen LogP contribution in [0.3, 0.4) is 0 Å². The second-order valence-corrected chi connectivity index (χ2v) is 17.8. The van der Waals surface area contributed by atoms with Crippen LogP contribution in [0.4, 0.5) is 8.78 Å². The van der Waals surface area contributed by atoms with Crippen LogP contribution in [0.25, 0.3) is 0 Å². The van der Waals surface area contributed by atoms with Gasteiger partial charge in [-0.2, -0.15) is 0 Å². The van der Waals surface area contributed by atoms with Crippen molar-refractivity contribution in [3.63, 3.8) is 0 Å². The maximum absolute atomic E-state index is 14.3. The van der Waals surface area contributed by atoms with Crippen molar-refractivity contribution in [2.24, 2.45) is 5.73 Å². The Kier molecular flexibility index (Phi) is 15.0. The number of aliphatic hydroxyl groups is 1. The van der Waals surface area contributed by atoms with E-state index in [1.807, 2.05) is 45.0 Å². The van der Waals surface area contributed by atoms with E-state index in [4.69, 9.17) is 17.3 Å². The van der Waals surface area contributed by atoms with Crippen LogP contribution in [0.1, 0.15) is 63.1 Å². The van der Waals surface area contributed by atoms with Crippen molar-refractivity contribution in [3.8, 4) is 0 Å². The lowest BCUT2D eigenvalue weighted by molar-refractivity contribution is -0.130. The molecule has 1 unspecified atom stereocenters. The fraction of sp³-hybridized carbons (Fsp3) is 0.485. The molecule has 4 N–H and O–H groups in total. The minimum Gasteiger partial charge on any atom is -0.390 e. The zero-order chi connectivity index (χ0) is 35.6. The monoisotopic (exact) mass is 747 g/mol. The number of rotatable bonds is 19. The fourth-order valence-corrected chi connectivity index (χ4v) is 10.9. The van der Waals surface area contributed by atoms with Crippen molar-refractivity contribution in [2.45, 2.75) is 93.5 Å². The largest absolute Gasteiger partial charge is 0.390 e. The van der Waals surface area contributed by atoms with Gasteiger partial charge < -0.3 is 16.2 Å². The van der Waals surface area contributed by atoms with Gasteiger partial charge in [-0.3, -0.25) is 4.79 Å². The number of benzene rings is 2. The third-order valence-electron chi connectivity index (χ3n) is 7.93. The summed E-state index contributed by atoms with van der Waals surface area (Å²) in [6.07, 6.45) is 0.482. The number of sulfone groups is 1. The van der Waals surface area contributed by atoms with Crippen molar-refractivity contribution < 1.29 is 35.5 Å². The first-order chi connectivity index (χ1) is 22.6. The van der Waals surface area contributed by atoms with Gasteiger partial charge in [0.1, 0.15) is 15.8 Å². The first-order valence-corrected chi connectivity index (χ1v) is 20.2. The summed E-state index contributed by atoms with van der Waals surface area (Å²) in [4.78, 5) is 14.2. The lowest BCUT2D eigenvalue weighted by Crippen LogP contribution is -2.58. The Morgan fingerprint density at radius 3 is 2.15 bits per heavy atom. The molecule has 0 aliphatic heterocycles. The molecular weight excluding hydrogens is 704 g/mol. The number of hydrogen-bond acceptors (Lipinski definition) is 9. The molecule has 9 nitrogen and oxygen atoms in total. The summed E-state index contributed by atoms with van der Waals surface area (Å²) in [5.74, 6) is -4.01. The van der Waals surface area contributed by atoms with E-state index in [-0.39, 0.29) is 27.2 Å². The summed E-state index contributed by atoms with van der Waals surface area (Å²) in [7, 11) is -8.78. The van der Waals surface area contributed by atoms with E-state index < -0.39 is 73.0 Å². The molecule has 1 aromatic heterocycles. The zero-order valence-electron chi connectivity index (χ0n) is 27.2. The molecule has 0 bridgehead atoms. The van der Waals surface area contributed by atoms with Crippen LogP contribution < -0.4 is 11.1 Å². The highest BCUT2D eigenvalue weighted by molar-refractivity contribution is 7.92. The number of hydrogen-bond donors (Lipinski definition) is 3. The number of thiophene rings is 1. The zero-order valence-corrected chi connectivity index (χ0v) is 30.4. The highest BCUT2D eigenvalue weighted by atomic mass is 35.5. The summed E-state index contributed by atoms with van der Waals surface area (Å²) in [5, 5.41) is 13.9. The van der Waals surface area contributed by atoms with Gasteiger partial charge in [0.15, 0.2) is 9.84 Å². The summed E-state index contributed by atoms with van der Waals surface area (Å²) >= 11 is 6.70.